The lowest BCUT2D eigenvalue weighted by Crippen LogP contribution is -2.40. The van der Waals surface area contributed by atoms with Gasteiger partial charge in [0.2, 0.25) is 0 Å². The summed E-state index contributed by atoms with van der Waals surface area (Å²) in [5.41, 5.74) is 3.82. The van der Waals surface area contributed by atoms with Crippen LogP contribution in [0, 0.1) is 17.2 Å². The van der Waals surface area contributed by atoms with E-state index in [1.807, 2.05) is 18.2 Å². The van der Waals surface area contributed by atoms with Crippen LogP contribution in [0.2, 0.25) is 0 Å². The zero-order valence-electron chi connectivity index (χ0n) is 17.7. The van der Waals surface area contributed by atoms with Gasteiger partial charge in [0.1, 0.15) is 0 Å². The maximum absolute atomic E-state index is 13.5. The number of amides is 1. The summed E-state index contributed by atoms with van der Waals surface area (Å²) in [5, 5.41) is 22.5. The molecule has 1 saturated heterocycles. The molecular weight excluding hydrogens is 390 g/mol. The minimum absolute atomic E-state index is 0.0112. The van der Waals surface area contributed by atoms with Gasteiger partial charge in [-0.3, -0.25) is 9.59 Å². The Labute approximate surface area is 181 Å². The molecule has 0 saturated carbocycles. The molecule has 31 heavy (non-hydrogen) atoms. The van der Waals surface area contributed by atoms with Crippen LogP contribution in [0.15, 0.2) is 53.3 Å². The van der Waals surface area contributed by atoms with Crippen molar-refractivity contribution in [2.75, 3.05) is 13.1 Å². The van der Waals surface area contributed by atoms with Gasteiger partial charge in [-0.1, -0.05) is 19.9 Å². The van der Waals surface area contributed by atoms with Gasteiger partial charge in [-0.05, 0) is 48.8 Å². The van der Waals surface area contributed by atoms with Crippen molar-refractivity contribution in [2.24, 2.45) is 5.92 Å². The summed E-state index contributed by atoms with van der Waals surface area (Å²) in [5.74, 6) is -0.161. The smallest absolute Gasteiger partial charge is 0.253 e. The zero-order valence-corrected chi connectivity index (χ0v) is 17.7. The Bertz CT molecular complexity index is 1130. The fraction of sp³-hybridized carbons (Fsp3) is 0.400. The number of aliphatic hydroxyl groups excluding tert-OH is 1. The first kappa shape index (κ1) is 19.8. The monoisotopic (exact) mass is 415 g/mol. The van der Waals surface area contributed by atoms with E-state index in [0.717, 1.165) is 16.8 Å². The molecule has 1 fully saturated rings. The number of Topliss-reactive ketones (excluding diaryl/α,β-unsaturated/α-hetero) is 1. The van der Waals surface area contributed by atoms with Crippen LogP contribution < -0.4 is 5.32 Å². The zero-order chi connectivity index (χ0) is 21.9. The summed E-state index contributed by atoms with van der Waals surface area (Å²) in [4.78, 5) is 28.3. The highest BCUT2D eigenvalue weighted by molar-refractivity contribution is 6.13. The van der Waals surface area contributed by atoms with E-state index in [1.54, 1.807) is 23.1 Å². The molecule has 158 valence electrons. The topological polar surface area (TPSA) is 93.4 Å². The fourth-order valence-corrected chi connectivity index (χ4v) is 5.28. The maximum atomic E-state index is 13.5. The van der Waals surface area contributed by atoms with Gasteiger partial charge in [-0.25, -0.2) is 0 Å². The number of allylic oxidation sites excluding steroid dienone is 3. The third kappa shape index (κ3) is 2.95. The number of likely N-dealkylation sites (tertiary alicyclic amines) is 1. The van der Waals surface area contributed by atoms with Crippen LogP contribution in [0.25, 0.3) is 0 Å². The Balaban J connectivity index is 1.51. The number of benzene rings is 1. The standard InChI is InChI=1S/C25H25N3O3/c1-25(2)19-12-15(24(31)28-9-7-16(29)8-10-28)4-6-17(19)22(30)21-18-5-3-14(13-26)11-20(18)27-23(21)25/h3-6,11-12,16,18,20,27,29H,7-10H2,1-2H3. The maximum Gasteiger partial charge on any atom is 0.253 e. The molecule has 2 aliphatic carbocycles. The number of nitriles is 1. The normalized spacial score (nSPS) is 26.5. The Morgan fingerprint density at radius 1 is 1.29 bits per heavy atom. The molecule has 0 spiro atoms. The minimum atomic E-state index is -0.473. The van der Waals surface area contributed by atoms with Crippen LogP contribution in [0.1, 0.15) is 53.0 Å². The number of carbonyl (C=O) groups excluding carboxylic acids is 2. The fourth-order valence-electron chi connectivity index (χ4n) is 5.28. The third-order valence-electron chi connectivity index (χ3n) is 7.08. The van der Waals surface area contributed by atoms with Crippen molar-refractivity contribution in [3.05, 3.63) is 70.0 Å². The Kier molecular flexibility index (Phi) is 4.42. The van der Waals surface area contributed by atoms with Crippen molar-refractivity contribution in [1.82, 2.24) is 10.2 Å². The largest absolute Gasteiger partial charge is 0.393 e. The van der Waals surface area contributed by atoms with Gasteiger partial charge in [-0.2, -0.15) is 5.26 Å². The van der Waals surface area contributed by atoms with Gasteiger partial charge >= 0.3 is 0 Å². The summed E-state index contributed by atoms with van der Waals surface area (Å²) in [7, 11) is 0. The first-order valence-electron chi connectivity index (χ1n) is 10.8. The van der Waals surface area contributed by atoms with Crippen LogP contribution in [-0.2, 0) is 5.41 Å². The molecule has 2 unspecified atom stereocenters. The highest BCUT2D eigenvalue weighted by Crippen LogP contribution is 2.47. The first-order valence-corrected chi connectivity index (χ1v) is 10.8. The average molecular weight is 415 g/mol. The number of fused-ring (bicyclic) bond motifs is 3. The second kappa shape index (κ2) is 6.93. The Hall–Kier alpha value is -3.17. The molecule has 6 heteroatoms. The van der Waals surface area contributed by atoms with Gasteiger partial charge in [0.25, 0.3) is 5.91 Å². The summed E-state index contributed by atoms with van der Waals surface area (Å²) < 4.78 is 0. The lowest BCUT2D eigenvalue weighted by Gasteiger charge is -2.35. The van der Waals surface area contributed by atoms with Crippen LogP contribution in [0.4, 0.5) is 0 Å². The van der Waals surface area contributed by atoms with Crippen molar-refractivity contribution < 1.29 is 14.7 Å². The lowest BCUT2D eigenvalue weighted by molar-refractivity contribution is 0.0546. The highest BCUT2D eigenvalue weighted by Gasteiger charge is 2.47. The predicted molar refractivity (Wildman–Crippen MR) is 115 cm³/mol. The molecule has 2 heterocycles. The van der Waals surface area contributed by atoms with Crippen molar-refractivity contribution >= 4 is 11.7 Å². The number of nitrogens with one attached hydrogen (secondary N) is 1. The average Bonchev–Trinajstić information content (AvgIpc) is 3.17. The molecule has 0 radical (unpaired) electrons. The first-order chi connectivity index (χ1) is 14.8. The predicted octanol–water partition coefficient (Wildman–Crippen LogP) is 2.62. The number of hydrogen-bond acceptors (Lipinski definition) is 5. The summed E-state index contributed by atoms with van der Waals surface area (Å²) in [6, 6.07) is 7.46. The summed E-state index contributed by atoms with van der Waals surface area (Å²) in [6.07, 6.45) is 6.46. The van der Waals surface area contributed by atoms with E-state index in [0.29, 0.717) is 42.6 Å². The minimum Gasteiger partial charge on any atom is -0.393 e. The molecule has 5 rings (SSSR count). The molecule has 2 atom stereocenters. The van der Waals surface area contributed by atoms with Crippen LogP contribution in [0.5, 0.6) is 0 Å². The van der Waals surface area contributed by atoms with Gasteiger partial charge < -0.3 is 15.3 Å². The van der Waals surface area contributed by atoms with Crippen LogP contribution in [0.3, 0.4) is 0 Å². The molecule has 6 nitrogen and oxygen atoms in total. The van der Waals surface area contributed by atoms with Crippen molar-refractivity contribution in [3.8, 4) is 6.07 Å². The van der Waals surface area contributed by atoms with Crippen molar-refractivity contribution in [1.29, 1.82) is 5.26 Å². The van der Waals surface area contributed by atoms with E-state index in [1.165, 1.54) is 0 Å². The third-order valence-corrected chi connectivity index (χ3v) is 7.08. The molecule has 0 bridgehead atoms. The summed E-state index contributed by atoms with van der Waals surface area (Å²) in [6.45, 7) is 5.23. The number of carbonyl (C=O) groups is 2. The molecule has 1 aromatic rings. The number of nitrogens with zero attached hydrogens (tertiary/aromatic N) is 2. The quantitative estimate of drug-likeness (QED) is 0.736. The number of rotatable bonds is 1. The number of aliphatic hydroxyl groups is 1. The molecule has 4 aliphatic rings. The van der Waals surface area contributed by atoms with Crippen molar-refractivity contribution in [2.45, 2.75) is 44.2 Å². The van der Waals surface area contributed by atoms with E-state index < -0.39 is 5.41 Å². The van der Waals surface area contributed by atoms with E-state index >= 15 is 0 Å². The highest BCUT2D eigenvalue weighted by atomic mass is 16.3. The van der Waals surface area contributed by atoms with Crippen LogP contribution in [-0.4, -0.2) is 46.9 Å². The van der Waals surface area contributed by atoms with Crippen molar-refractivity contribution in [3.63, 3.8) is 0 Å². The van der Waals surface area contributed by atoms with Gasteiger partial charge in [0.05, 0.1) is 18.2 Å². The molecule has 2 N–H and O–H groups in total. The second-order valence-corrected chi connectivity index (χ2v) is 9.32. The van der Waals surface area contributed by atoms with E-state index in [9.17, 15) is 20.0 Å². The molecule has 0 aromatic heterocycles. The second-order valence-electron chi connectivity index (χ2n) is 9.32. The van der Waals surface area contributed by atoms with E-state index in [4.69, 9.17) is 0 Å². The Morgan fingerprint density at radius 2 is 2.03 bits per heavy atom. The van der Waals surface area contributed by atoms with E-state index in [2.05, 4.69) is 25.2 Å². The van der Waals surface area contributed by atoms with Gasteiger partial charge in [0.15, 0.2) is 5.78 Å². The Morgan fingerprint density at radius 3 is 2.74 bits per heavy atom. The molecule has 1 amide bonds. The van der Waals surface area contributed by atoms with Gasteiger partial charge in [-0.15, -0.1) is 0 Å². The number of piperidine rings is 1. The number of ketones is 1. The van der Waals surface area contributed by atoms with Crippen LogP contribution >= 0.6 is 0 Å². The molecule has 1 aromatic carbocycles. The SMILES string of the molecule is CC1(C)C2=C(C(=O)c3ccc(C(=O)N4CCC(O)CC4)cc31)C1C=CC(C#N)=CC1N2. The lowest BCUT2D eigenvalue weighted by atomic mass is 9.69. The van der Waals surface area contributed by atoms with Gasteiger partial charge in [0, 0.05) is 52.4 Å². The summed E-state index contributed by atoms with van der Waals surface area (Å²) >= 11 is 0. The molecule has 2 aliphatic heterocycles. The molecular formula is C25H25N3O3. The number of hydrogen-bond donors (Lipinski definition) is 2. The van der Waals surface area contributed by atoms with E-state index in [-0.39, 0.29) is 29.8 Å².